The van der Waals surface area contributed by atoms with E-state index in [0.717, 1.165) is 22.3 Å². The molecule has 0 radical (unpaired) electrons. The van der Waals surface area contributed by atoms with Crippen LogP contribution in [-0.4, -0.2) is 21.0 Å². The van der Waals surface area contributed by atoms with Crippen LogP contribution in [0.25, 0.3) is 0 Å². The zero-order valence-corrected chi connectivity index (χ0v) is 12.5. The number of aromatic nitrogens is 1. The summed E-state index contributed by atoms with van der Waals surface area (Å²) < 4.78 is 14.6. The first kappa shape index (κ1) is 15.4. The summed E-state index contributed by atoms with van der Waals surface area (Å²) >= 11 is 4.09. The molecule has 2 rings (SSSR count). The highest BCUT2D eigenvalue weighted by molar-refractivity contribution is 9.10. The number of hydrogen-bond acceptors (Lipinski definition) is 5. The lowest BCUT2D eigenvalue weighted by Gasteiger charge is -2.05. The zero-order chi connectivity index (χ0) is 15.6. The lowest BCUT2D eigenvalue weighted by molar-refractivity contribution is -0.385. The molecule has 0 amide bonds. The van der Waals surface area contributed by atoms with Gasteiger partial charge in [-0.25, -0.2) is 14.2 Å². The summed E-state index contributed by atoms with van der Waals surface area (Å²) in [4.78, 5) is 24.8. The van der Waals surface area contributed by atoms with Crippen molar-refractivity contribution in [3.05, 3.63) is 56.4 Å². The van der Waals surface area contributed by atoms with Gasteiger partial charge in [0.2, 0.25) is 0 Å². The van der Waals surface area contributed by atoms with Crippen LogP contribution in [0.5, 0.6) is 0 Å². The predicted molar refractivity (Wildman–Crippen MR) is 76.1 cm³/mol. The minimum Gasteiger partial charge on any atom is -0.477 e. The quantitative estimate of drug-likeness (QED) is 0.648. The topological polar surface area (TPSA) is 93.3 Å². The normalized spacial score (nSPS) is 10.4. The van der Waals surface area contributed by atoms with Crippen LogP contribution in [0.1, 0.15) is 10.4 Å². The number of carboxylic acid groups (broad SMARTS) is 1. The summed E-state index contributed by atoms with van der Waals surface area (Å²) in [7, 11) is 0. The molecule has 1 heterocycles. The van der Waals surface area contributed by atoms with Gasteiger partial charge in [-0.15, -0.1) is 0 Å². The molecule has 1 aromatic carbocycles. The monoisotopic (exact) mass is 372 g/mol. The number of rotatable bonds is 4. The smallest absolute Gasteiger partial charge is 0.342 e. The number of nitrogens with zero attached hydrogens (tertiary/aromatic N) is 2. The van der Waals surface area contributed by atoms with Gasteiger partial charge in [0.05, 0.1) is 15.9 Å². The second-order valence-electron chi connectivity index (χ2n) is 3.78. The van der Waals surface area contributed by atoms with Crippen LogP contribution in [0.4, 0.5) is 10.1 Å². The molecule has 0 bridgehead atoms. The molecule has 0 unspecified atom stereocenters. The van der Waals surface area contributed by atoms with Crippen LogP contribution in [0.3, 0.4) is 0 Å². The molecule has 9 heteroatoms. The fourth-order valence-corrected chi connectivity index (χ4v) is 2.51. The summed E-state index contributed by atoms with van der Waals surface area (Å²) in [6.45, 7) is 0. The van der Waals surface area contributed by atoms with Crippen LogP contribution in [0.2, 0.25) is 0 Å². The third-order valence-corrected chi connectivity index (χ3v) is 3.84. The van der Waals surface area contributed by atoms with E-state index >= 15 is 0 Å². The first-order chi connectivity index (χ1) is 9.88. The van der Waals surface area contributed by atoms with Gasteiger partial charge in [0.25, 0.3) is 5.69 Å². The summed E-state index contributed by atoms with van der Waals surface area (Å²) in [5.74, 6) is -2.37. The van der Waals surface area contributed by atoms with Gasteiger partial charge in [-0.05, 0) is 34.1 Å². The molecule has 6 nitrogen and oxygen atoms in total. The molecule has 0 spiro atoms. The van der Waals surface area contributed by atoms with Gasteiger partial charge in [-0.2, -0.15) is 0 Å². The molecule has 2 aromatic rings. The van der Waals surface area contributed by atoms with Crippen molar-refractivity contribution in [1.82, 2.24) is 4.98 Å². The summed E-state index contributed by atoms with van der Waals surface area (Å²) in [6.07, 6.45) is 1.50. The van der Waals surface area contributed by atoms with Gasteiger partial charge in [0, 0.05) is 10.7 Å². The van der Waals surface area contributed by atoms with Crippen LogP contribution >= 0.6 is 27.7 Å². The Morgan fingerprint density at radius 2 is 2.14 bits per heavy atom. The molecule has 0 saturated heterocycles. The molecule has 1 aromatic heterocycles. The first-order valence-electron chi connectivity index (χ1n) is 5.39. The van der Waals surface area contributed by atoms with Crippen LogP contribution in [0.15, 0.2) is 44.9 Å². The molecule has 0 atom stereocenters. The van der Waals surface area contributed by atoms with Gasteiger partial charge < -0.3 is 5.11 Å². The maximum absolute atomic E-state index is 13.9. The fourth-order valence-electron chi connectivity index (χ4n) is 1.48. The van der Waals surface area contributed by atoms with E-state index in [2.05, 4.69) is 20.9 Å². The molecular weight excluding hydrogens is 367 g/mol. The first-order valence-corrected chi connectivity index (χ1v) is 7.00. The van der Waals surface area contributed by atoms with Gasteiger partial charge >= 0.3 is 5.97 Å². The number of carbonyl (C=O) groups is 1. The fraction of sp³-hybridized carbons (Fsp3) is 0. The van der Waals surface area contributed by atoms with Crippen molar-refractivity contribution in [3.8, 4) is 0 Å². The molecule has 0 aliphatic rings. The molecule has 0 fully saturated rings. The molecule has 1 N–H and O–H groups in total. The van der Waals surface area contributed by atoms with E-state index in [-0.39, 0.29) is 4.90 Å². The van der Waals surface area contributed by atoms with E-state index in [1.807, 2.05) is 0 Å². The Labute approximate surface area is 130 Å². The Balaban J connectivity index is 2.44. The number of hydrogen-bond donors (Lipinski definition) is 1. The van der Waals surface area contributed by atoms with Crippen molar-refractivity contribution < 1.29 is 19.2 Å². The van der Waals surface area contributed by atoms with Gasteiger partial charge in [0.15, 0.2) is 0 Å². The number of aromatic carboxylic acids is 1. The third kappa shape index (κ3) is 3.56. The highest BCUT2D eigenvalue weighted by Crippen LogP contribution is 2.33. The van der Waals surface area contributed by atoms with E-state index in [1.54, 1.807) is 12.1 Å². The van der Waals surface area contributed by atoms with Crippen molar-refractivity contribution in [1.29, 1.82) is 0 Å². The Hall–Kier alpha value is -2.00. The van der Waals surface area contributed by atoms with Crippen molar-refractivity contribution in [2.75, 3.05) is 0 Å². The molecular formula is C12H6BrFN2O4S. The average molecular weight is 373 g/mol. The maximum atomic E-state index is 13.9. The second kappa shape index (κ2) is 6.19. The number of nitro benzene ring substituents is 1. The molecule has 108 valence electrons. The number of pyridine rings is 1. The highest BCUT2D eigenvalue weighted by Gasteiger charge is 2.23. The highest BCUT2D eigenvalue weighted by atomic mass is 79.9. The predicted octanol–water partition coefficient (Wildman–Crippen LogP) is 3.74. The van der Waals surface area contributed by atoms with Crippen molar-refractivity contribution >= 4 is 39.3 Å². The molecule has 0 aliphatic carbocycles. The zero-order valence-electron chi connectivity index (χ0n) is 10.1. The van der Waals surface area contributed by atoms with Gasteiger partial charge in [-0.1, -0.05) is 11.8 Å². The summed E-state index contributed by atoms with van der Waals surface area (Å²) in [5, 5.41) is 20.1. The van der Waals surface area contributed by atoms with Crippen molar-refractivity contribution in [3.63, 3.8) is 0 Å². The van der Waals surface area contributed by atoms with Gasteiger partial charge in [0.1, 0.15) is 16.4 Å². The largest absolute Gasteiger partial charge is 0.477 e. The van der Waals surface area contributed by atoms with E-state index in [1.165, 1.54) is 6.20 Å². The maximum Gasteiger partial charge on any atom is 0.342 e. The third-order valence-electron chi connectivity index (χ3n) is 2.39. The standard InChI is InChI=1S/C12H6BrFN2O4S/c13-6-1-2-11(15-5-6)21-10-3-7(12(17)18)9(16(19)20)4-8(10)14/h1-5H,(H,17,18). The summed E-state index contributed by atoms with van der Waals surface area (Å²) in [6, 6.07) is 4.83. The van der Waals surface area contributed by atoms with Crippen molar-refractivity contribution in [2.45, 2.75) is 9.92 Å². The molecule has 0 saturated carbocycles. The van der Waals surface area contributed by atoms with E-state index in [4.69, 9.17) is 5.11 Å². The number of halogens is 2. The van der Waals surface area contributed by atoms with Crippen molar-refractivity contribution in [2.24, 2.45) is 0 Å². The van der Waals surface area contributed by atoms with E-state index < -0.39 is 28.0 Å². The Bertz CT molecular complexity index is 724. The van der Waals surface area contributed by atoms with Crippen LogP contribution in [0, 0.1) is 15.9 Å². The van der Waals surface area contributed by atoms with Crippen LogP contribution in [-0.2, 0) is 0 Å². The van der Waals surface area contributed by atoms with E-state index in [9.17, 15) is 19.3 Å². The van der Waals surface area contributed by atoms with Crippen LogP contribution < -0.4 is 0 Å². The summed E-state index contributed by atoms with van der Waals surface area (Å²) in [5.41, 5.74) is -1.35. The Kier molecular flexibility index (Phi) is 4.53. The molecule has 0 aliphatic heterocycles. The Morgan fingerprint density at radius 3 is 2.67 bits per heavy atom. The minimum atomic E-state index is -1.49. The minimum absolute atomic E-state index is 0.0483. The average Bonchev–Trinajstić information content (AvgIpc) is 2.42. The second-order valence-corrected chi connectivity index (χ2v) is 5.76. The lowest BCUT2D eigenvalue weighted by atomic mass is 10.2. The number of nitro groups is 1. The number of benzene rings is 1. The molecule has 21 heavy (non-hydrogen) atoms. The lowest BCUT2D eigenvalue weighted by Crippen LogP contribution is -2.04. The van der Waals surface area contributed by atoms with E-state index in [0.29, 0.717) is 11.1 Å². The SMILES string of the molecule is O=C(O)c1cc(Sc2ccc(Br)cn2)c(F)cc1[N+](=O)[O-]. The van der Waals surface area contributed by atoms with Gasteiger partial charge in [-0.3, -0.25) is 10.1 Å². The Morgan fingerprint density at radius 1 is 1.43 bits per heavy atom. The number of carboxylic acids is 1.